The van der Waals surface area contributed by atoms with Crippen molar-refractivity contribution in [3.8, 4) is 11.1 Å². The first-order valence-corrected chi connectivity index (χ1v) is 8.84. The smallest absolute Gasteiger partial charge is 0.409 e. The van der Waals surface area contributed by atoms with E-state index in [1.165, 1.54) is 29.4 Å². The van der Waals surface area contributed by atoms with Crippen molar-refractivity contribution in [2.45, 2.75) is 38.3 Å². The van der Waals surface area contributed by atoms with Gasteiger partial charge in [0.25, 0.3) is 0 Å². The summed E-state index contributed by atoms with van der Waals surface area (Å²) < 4.78 is 4.95. The van der Waals surface area contributed by atoms with E-state index in [2.05, 4.69) is 37.3 Å². The van der Waals surface area contributed by atoms with E-state index in [0.717, 1.165) is 19.3 Å². The topological polar surface area (TPSA) is 55.6 Å². The van der Waals surface area contributed by atoms with E-state index in [-0.39, 0.29) is 18.2 Å². The number of aryl methyl sites for hydroxylation is 1. The number of carbonyl (C=O) groups excluding carboxylic acids is 1. The molecule has 132 valence electrons. The zero-order valence-electron chi connectivity index (χ0n) is 14.9. The Kier molecular flexibility index (Phi) is 5.39. The third-order valence-corrected chi connectivity index (χ3v) is 4.93. The van der Waals surface area contributed by atoms with Crippen LogP contribution < -0.4 is 5.73 Å². The fraction of sp³-hybridized carbons (Fsp3) is 0.381. The van der Waals surface area contributed by atoms with Gasteiger partial charge in [-0.25, -0.2) is 4.79 Å². The number of likely N-dealkylation sites (tertiary alicyclic amines) is 1. The van der Waals surface area contributed by atoms with Crippen molar-refractivity contribution < 1.29 is 9.53 Å². The summed E-state index contributed by atoms with van der Waals surface area (Å²) in [5.74, 6) is 0. The third kappa shape index (κ3) is 4.02. The van der Waals surface area contributed by atoms with Gasteiger partial charge in [-0.05, 0) is 42.9 Å². The van der Waals surface area contributed by atoms with E-state index < -0.39 is 0 Å². The second kappa shape index (κ2) is 7.70. The summed E-state index contributed by atoms with van der Waals surface area (Å²) in [4.78, 5) is 13.9. The maximum absolute atomic E-state index is 12.1. The molecule has 2 unspecified atom stereocenters. The summed E-state index contributed by atoms with van der Waals surface area (Å²) in [5.41, 5.74) is 11.2. The number of methoxy groups -OCH3 is 1. The largest absolute Gasteiger partial charge is 0.453 e. The Morgan fingerprint density at radius 1 is 1.20 bits per heavy atom. The van der Waals surface area contributed by atoms with Gasteiger partial charge in [-0.3, -0.25) is 0 Å². The molecule has 3 rings (SSSR count). The number of ether oxygens (including phenoxy) is 1. The summed E-state index contributed by atoms with van der Waals surface area (Å²) >= 11 is 0. The molecule has 2 N–H and O–H groups in total. The van der Waals surface area contributed by atoms with Crippen molar-refractivity contribution in [1.29, 1.82) is 0 Å². The summed E-state index contributed by atoms with van der Waals surface area (Å²) in [6.45, 7) is 2.82. The molecule has 0 aliphatic carbocycles. The number of hydrogen-bond donors (Lipinski definition) is 1. The Labute approximate surface area is 149 Å². The van der Waals surface area contributed by atoms with Crippen LogP contribution in [0.2, 0.25) is 0 Å². The molecule has 4 nitrogen and oxygen atoms in total. The van der Waals surface area contributed by atoms with Crippen LogP contribution in [0.3, 0.4) is 0 Å². The molecule has 0 aromatic heterocycles. The molecule has 1 amide bonds. The molecule has 0 radical (unpaired) electrons. The molecule has 0 saturated carbocycles. The Balaban J connectivity index is 1.88. The molecular formula is C21H26N2O2. The Morgan fingerprint density at radius 3 is 2.68 bits per heavy atom. The number of piperidine rings is 1. The molecule has 4 heteroatoms. The zero-order valence-corrected chi connectivity index (χ0v) is 14.9. The molecule has 2 aromatic rings. The second-order valence-corrected chi connectivity index (χ2v) is 6.81. The van der Waals surface area contributed by atoms with Gasteiger partial charge in [0.15, 0.2) is 0 Å². The van der Waals surface area contributed by atoms with Crippen LogP contribution in [0.1, 0.15) is 24.0 Å². The van der Waals surface area contributed by atoms with E-state index in [4.69, 9.17) is 10.5 Å². The van der Waals surface area contributed by atoms with Gasteiger partial charge < -0.3 is 15.4 Å². The lowest BCUT2D eigenvalue weighted by Crippen LogP contribution is -2.55. The number of nitrogens with two attached hydrogens (primary N) is 1. The van der Waals surface area contributed by atoms with Crippen LogP contribution in [0.5, 0.6) is 0 Å². The van der Waals surface area contributed by atoms with E-state index in [9.17, 15) is 4.79 Å². The average Bonchev–Trinajstić information content (AvgIpc) is 2.63. The highest BCUT2D eigenvalue weighted by molar-refractivity contribution is 5.68. The standard InChI is InChI=1S/C21H26N2O2/c1-15-11-16(13-18(12-15)17-7-4-3-5-8-17)14-20-19(22)9-6-10-23(20)21(24)25-2/h3-5,7-8,11-13,19-20H,6,9-10,14,22H2,1-2H3. The average molecular weight is 338 g/mol. The van der Waals surface area contributed by atoms with Crippen LogP contribution in [-0.4, -0.2) is 36.7 Å². The molecule has 1 aliphatic heterocycles. The number of rotatable bonds is 3. The summed E-state index contributed by atoms with van der Waals surface area (Å²) in [5, 5.41) is 0. The van der Waals surface area contributed by atoms with Gasteiger partial charge in [0, 0.05) is 12.6 Å². The minimum absolute atomic E-state index is 0.0199. The first-order chi connectivity index (χ1) is 12.1. The highest BCUT2D eigenvalue weighted by Gasteiger charge is 2.33. The van der Waals surface area contributed by atoms with Crippen LogP contribution in [0.4, 0.5) is 4.79 Å². The van der Waals surface area contributed by atoms with E-state index >= 15 is 0 Å². The van der Waals surface area contributed by atoms with Crippen LogP contribution >= 0.6 is 0 Å². The maximum Gasteiger partial charge on any atom is 0.409 e. The Morgan fingerprint density at radius 2 is 1.96 bits per heavy atom. The van der Waals surface area contributed by atoms with Gasteiger partial charge in [-0.15, -0.1) is 0 Å². The summed E-state index contributed by atoms with van der Waals surface area (Å²) in [6.07, 6.45) is 2.33. The number of carbonyl (C=O) groups is 1. The molecule has 0 spiro atoms. The molecule has 1 aliphatic rings. The van der Waals surface area contributed by atoms with E-state index in [1.807, 2.05) is 18.2 Å². The summed E-state index contributed by atoms with van der Waals surface area (Å²) in [6, 6.07) is 16.9. The quantitative estimate of drug-likeness (QED) is 0.927. The van der Waals surface area contributed by atoms with Crippen LogP contribution in [0.15, 0.2) is 48.5 Å². The lowest BCUT2D eigenvalue weighted by molar-refractivity contribution is 0.0820. The van der Waals surface area contributed by atoms with Crippen LogP contribution in [-0.2, 0) is 11.2 Å². The second-order valence-electron chi connectivity index (χ2n) is 6.81. The fourth-order valence-electron chi connectivity index (χ4n) is 3.71. The molecular weight excluding hydrogens is 312 g/mol. The third-order valence-electron chi connectivity index (χ3n) is 4.93. The molecule has 1 saturated heterocycles. The van der Waals surface area contributed by atoms with Gasteiger partial charge in [-0.1, -0.05) is 54.1 Å². The minimum Gasteiger partial charge on any atom is -0.453 e. The lowest BCUT2D eigenvalue weighted by Gasteiger charge is -2.39. The van der Waals surface area contributed by atoms with Crippen molar-refractivity contribution >= 4 is 6.09 Å². The van der Waals surface area contributed by atoms with Crippen molar-refractivity contribution in [3.05, 3.63) is 59.7 Å². The van der Waals surface area contributed by atoms with Crippen molar-refractivity contribution in [2.75, 3.05) is 13.7 Å². The van der Waals surface area contributed by atoms with Crippen molar-refractivity contribution in [1.82, 2.24) is 4.90 Å². The number of benzene rings is 2. The minimum atomic E-state index is -0.281. The number of hydrogen-bond acceptors (Lipinski definition) is 3. The van der Waals surface area contributed by atoms with E-state index in [1.54, 1.807) is 4.90 Å². The molecule has 2 atom stereocenters. The maximum atomic E-state index is 12.1. The predicted molar refractivity (Wildman–Crippen MR) is 100 cm³/mol. The van der Waals surface area contributed by atoms with Gasteiger partial charge in [0.2, 0.25) is 0 Å². The van der Waals surface area contributed by atoms with Crippen molar-refractivity contribution in [2.24, 2.45) is 5.73 Å². The first-order valence-electron chi connectivity index (χ1n) is 8.84. The zero-order chi connectivity index (χ0) is 17.8. The monoisotopic (exact) mass is 338 g/mol. The highest BCUT2D eigenvalue weighted by Crippen LogP contribution is 2.26. The molecule has 1 fully saturated rings. The van der Waals surface area contributed by atoms with Gasteiger partial charge in [0.05, 0.1) is 13.2 Å². The highest BCUT2D eigenvalue weighted by atomic mass is 16.5. The van der Waals surface area contributed by atoms with Gasteiger partial charge >= 0.3 is 6.09 Å². The molecule has 2 aromatic carbocycles. The Bertz CT molecular complexity index is 730. The fourth-order valence-corrected chi connectivity index (χ4v) is 3.71. The Hall–Kier alpha value is -2.33. The molecule has 0 bridgehead atoms. The summed E-state index contributed by atoms with van der Waals surface area (Å²) in [7, 11) is 1.43. The van der Waals surface area contributed by atoms with Crippen molar-refractivity contribution in [3.63, 3.8) is 0 Å². The number of nitrogens with zero attached hydrogens (tertiary/aromatic N) is 1. The van der Waals surface area contributed by atoms with Crippen LogP contribution in [0.25, 0.3) is 11.1 Å². The van der Waals surface area contributed by atoms with Gasteiger partial charge in [0.1, 0.15) is 0 Å². The predicted octanol–water partition coefficient (Wildman–Crippen LogP) is 3.76. The molecule has 1 heterocycles. The van der Waals surface area contributed by atoms with Gasteiger partial charge in [-0.2, -0.15) is 0 Å². The molecule has 25 heavy (non-hydrogen) atoms. The lowest BCUT2D eigenvalue weighted by atomic mass is 9.90. The normalized spacial score (nSPS) is 20.4. The number of amides is 1. The van der Waals surface area contributed by atoms with E-state index in [0.29, 0.717) is 6.54 Å². The SMILES string of the molecule is COC(=O)N1CCCC(N)C1Cc1cc(C)cc(-c2ccccc2)c1. The first kappa shape index (κ1) is 17.5. The van der Waals surface area contributed by atoms with Crippen LogP contribution in [0, 0.1) is 6.92 Å².